The van der Waals surface area contributed by atoms with Crippen LogP contribution in [-0.4, -0.2) is 18.2 Å². The van der Waals surface area contributed by atoms with Gasteiger partial charge in [0.05, 0.1) is 5.41 Å². The molecule has 3 nitrogen and oxygen atoms in total. The van der Waals surface area contributed by atoms with Crippen LogP contribution in [0, 0.1) is 11.8 Å². The average molecular weight is 257 g/mol. The summed E-state index contributed by atoms with van der Waals surface area (Å²) in [5, 5.41) is 3.01. The molecule has 1 aliphatic carbocycles. The normalized spacial score (nSPS) is 34.6. The minimum atomic E-state index is -0.493. The minimum absolute atomic E-state index is 0.0139. The Kier molecular flexibility index (Phi) is 2.92. The summed E-state index contributed by atoms with van der Waals surface area (Å²) in [4.78, 5) is 24.6. The summed E-state index contributed by atoms with van der Waals surface area (Å²) in [5.74, 6) is 0.547. The summed E-state index contributed by atoms with van der Waals surface area (Å²) in [5.41, 5.74) is 0.573. The van der Waals surface area contributed by atoms with E-state index in [1.165, 1.54) is 0 Å². The Morgan fingerprint density at radius 1 is 1.21 bits per heavy atom. The Labute approximate surface area is 113 Å². The van der Waals surface area contributed by atoms with E-state index in [1.807, 2.05) is 37.3 Å². The van der Waals surface area contributed by atoms with Gasteiger partial charge in [0.15, 0.2) is 0 Å². The summed E-state index contributed by atoms with van der Waals surface area (Å²) >= 11 is 0. The van der Waals surface area contributed by atoms with Crippen molar-refractivity contribution in [3.05, 3.63) is 35.9 Å². The summed E-state index contributed by atoms with van der Waals surface area (Å²) in [6, 6.07) is 9.97. The number of fused-ring (bicyclic) bond motifs is 1. The van der Waals surface area contributed by atoms with E-state index in [0.717, 1.165) is 12.0 Å². The standard InChI is InChI=1S/C16H19NO2/c1-11-13-8-10-17-15(19)16(13,9-7-14(11)18)12-5-3-2-4-6-12/h2-6,11,13H,7-10H2,1H3,(H,17,19)/t11-,13-,16+/m0/s1. The van der Waals surface area contributed by atoms with Gasteiger partial charge in [-0.1, -0.05) is 37.3 Å². The summed E-state index contributed by atoms with van der Waals surface area (Å²) in [6.45, 7) is 2.68. The SMILES string of the molecule is C[C@@H]1C(=O)CC[C@]2(c3ccccc3)C(=O)NCC[C@@H]12. The second-order valence-electron chi connectivity index (χ2n) is 5.74. The molecule has 0 radical (unpaired) electrons. The zero-order valence-corrected chi connectivity index (χ0v) is 11.2. The van der Waals surface area contributed by atoms with Crippen LogP contribution in [0.3, 0.4) is 0 Å². The van der Waals surface area contributed by atoms with Crippen LogP contribution < -0.4 is 5.32 Å². The molecule has 1 N–H and O–H groups in total. The van der Waals surface area contributed by atoms with Gasteiger partial charge in [-0.3, -0.25) is 9.59 Å². The average Bonchev–Trinajstić information content (AvgIpc) is 2.45. The number of carbonyl (C=O) groups is 2. The van der Waals surface area contributed by atoms with E-state index in [1.54, 1.807) is 0 Å². The molecule has 1 saturated heterocycles. The Hall–Kier alpha value is -1.64. The van der Waals surface area contributed by atoms with E-state index in [0.29, 0.717) is 25.2 Å². The number of nitrogens with one attached hydrogen (secondary N) is 1. The van der Waals surface area contributed by atoms with Crippen LogP contribution in [0.2, 0.25) is 0 Å². The molecule has 1 amide bonds. The molecule has 1 aromatic rings. The van der Waals surface area contributed by atoms with Crippen molar-refractivity contribution in [3.63, 3.8) is 0 Å². The van der Waals surface area contributed by atoms with Crippen LogP contribution in [0.5, 0.6) is 0 Å². The molecule has 3 atom stereocenters. The maximum atomic E-state index is 12.6. The third kappa shape index (κ3) is 1.71. The van der Waals surface area contributed by atoms with Gasteiger partial charge in [0.2, 0.25) is 5.91 Å². The number of amides is 1. The van der Waals surface area contributed by atoms with E-state index in [-0.39, 0.29) is 17.7 Å². The van der Waals surface area contributed by atoms with Crippen molar-refractivity contribution < 1.29 is 9.59 Å². The largest absolute Gasteiger partial charge is 0.355 e. The Morgan fingerprint density at radius 3 is 2.68 bits per heavy atom. The molecule has 0 aromatic heterocycles. The van der Waals surface area contributed by atoms with Crippen LogP contribution >= 0.6 is 0 Å². The van der Waals surface area contributed by atoms with Gasteiger partial charge in [-0.05, 0) is 24.3 Å². The minimum Gasteiger partial charge on any atom is -0.355 e. The van der Waals surface area contributed by atoms with Crippen molar-refractivity contribution in [3.8, 4) is 0 Å². The molecule has 3 heteroatoms. The second-order valence-corrected chi connectivity index (χ2v) is 5.74. The molecule has 0 spiro atoms. The number of carbonyl (C=O) groups excluding carboxylic acids is 2. The van der Waals surface area contributed by atoms with E-state index < -0.39 is 5.41 Å². The van der Waals surface area contributed by atoms with E-state index in [4.69, 9.17) is 0 Å². The highest BCUT2D eigenvalue weighted by molar-refractivity contribution is 5.93. The molecule has 1 aromatic carbocycles. The van der Waals surface area contributed by atoms with Gasteiger partial charge in [0, 0.05) is 18.9 Å². The molecule has 1 saturated carbocycles. The van der Waals surface area contributed by atoms with Crippen LogP contribution in [0.15, 0.2) is 30.3 Å². The lowest BCUT2D eigenvalue weighted by molar-refractivity contribution is -0.140. The van der Waals surface area contributed by atoms with Crippen molar-refractivity contribution in [2.45, 2.75) is 31.6 Å². The lowest BCUT2D eigenvalue weighted by atomic mass is 9.56. The van der Waals surface area contributed by atoms with Crippen molar-refractivity contribution in [1.82, 2.24) is 5.32 Å². The Morgan fingerprint density at radius 2 is 1.95 bits per heavy atom. The molecule has 0 bridgehead atoms. The molecule has 0 unspecified atom stereocenters. The molecule has 1 heterocycles. The Bertz CT molecular complexity index is 511. The molecular formula is C16H19NO2. The molecule has 100 valence electrons. The highest BCUT2D eigenvalue weighted by atomic mass is 16.2. The van der Waals surface area contributed by atoms with Crippen LogP contribution in [-0.2, 0) is 15.0 Å². The summed E-state index contributed by atoms with van der Waals surface area (Å²) in [6.07, 6.45) is 2.06. The van der Waals surface area contributed by atoms with Gasteiger partial charge in [0.1, 0.15) is 5.78 Å². The summed E-state index contributed by atoms with van der Waals surface area (Å²) < 4.78 is 0. The van der Waals surface area contributed by atoms with E-state index >= 15 is 0 Å². The van der Waals surface area contributed by atoms with Crippen LogP contribution in [0.1, 0.15) is 31.7 Å². The zero-order valence-electron chi connectivity index (χ0n) is 11.2. The molecule has 19 heavy (non-hydrogen) atoms. The van der Waals surface area contributed by atoms with Crippen molar-refractivity contribution >= 4 is 11.7 Å². The first kappa shape index (κ1) is 12.4. The first-order valence-electron chi connectivity index (χ1n) is 7.03. The van der Waals surface area contributed by atoms with Crippen LogP contribution in [0.25, 0.3) is 0 Å². The molecule has 1 aliphatic heterocycles. The third-order valence-corrected chi connectivity index (χ3v) is 4.95. The van der Waals surface area contributed by atoms with Gasteiger partial charge in [-0.2, -0.15) is 0 Å². The predicted octanol–water partition coefficient (Wildman–Crippen LogP) is 2.06. The van der Waals surface area contributed by atoms with E-state index in [2.05, 4.69) is 5.32 Å². The molecule has 3 rings (SSSR count). The number of rotatable bonds is 1. The van der Waals surface area contributed by atoms with Gasteiger partial charge in [0.25, 0.3) is 0 Å². The highest BCUT2D eigenvalue weighted by Crippen LogP contribution is 2.48. The predicted molar refractivity (Wildman–Crippen MR) is 72.6 cm³/mol. The van der Waals surface area contributed by atoms with Crippen molar-refractivity contribution in [2.24, 2.45) is 11.8 Å². The number of benzene rings is 1. The lowest BCUT2D eigenvalue weighted by Crippen LogP contribution is -2.59. The number of ketones is 1. The fraction of sp³-hybridized carbons (Fsp3) is 0.500. The van der Waals surface area contributed by atoms with Gasteiger partial charge < -0.3 is 5.32 Å². The highest BCUT2D eigenvalue weighted by Gasteiger charge is 2.54. The third-order valence-electron chi connectivity index (χ3n) is 4.95. The number of Topliss-reactive ketones (excluding diaryl/α,β-unsaturated/α-hetero) is 1. The lowest BCUT2D eigenvalue weighted by Gasteiger charge is -2.48. The zero-order chi connectivity index (χ0) is 13.5. The fourth-order valence-corrected chi connectivity index (χ4v) is 3.89. The Balaban J connectivity index is 2.12. The van der Waals surface area contributed by atoms with E-state index in [9.17, 15) is 9.59 Å². The first-order chi connectivity index (χ1) is 9.16. The van der Waals surface area contributed by atoms with Crippen molar-refractivity contribution in [2.75, 3.05) is 6.54 Å². The first-order valence-corrected chi connectivity index (χ1v) is 7.03. The molecular weight excluding hydrogens is 238 g/mol. The van der Waals surface area contributed by atoms with Gasteiger partial charge in [-0.25, -0.2) is 0 Å². The quantitative estimate of drug-likeness (QED) is 0.837. The van der Waals surface area contributed by atoms with Gasteiger partial charge >= 0.3 is 0 Å². The summed E-state index contributed by atoms with van der Waals surface area (Å²) in [7, 11) is 0. The van der Waals surface area contributed by atoms with Crippen molar-refractivity contribution in [1.29, 1.82) is 0 Å². The smallest absolute Gasteiger partial charge is 0.230 e. The van der Waals surface area contributed by atoms with Crippen LogP contribution in [0.4, 0.5) is 0 Å². The topological polar surface area (TPSA) is 46.2 Å². The van der Waals surface area contributed by atoms with Gasteiger partial charge in [-0.15, -0.1) is 0 Å². The maximum Gasteiger partial charge on any atom is 0.230 e. The molecule has 2 fully saturated rings. The second kappa shape index (κ2) is 4.48. The number of piperidine rings is 1. The number of hydrogen-bond acceptors (Lipinski definition) is 2. The fourth-order valence-electron chi connectivity index (χ4n) is 3.89. The molecule has 2 aliphatic rings. The number of hydrogen-bond donors (Lipinski definition) is 1. The monoisotopic (exact) mass is 257 g/mol. The maximum absolute atomic E-state index is 12.6.